The summed E-state index contributed by atoms with van der Waals surface area (Å²) in [6, 6.07) is -1.24. The van der Waals surface area contributed by atoms with Crippen molar-refractivity contribution in [2.24, 2.45) is 5.92 Å². The average molecular weight is 394 g/mol. The van der Waals surface area contributed by atoms with Crippen LogP contribution < -0.4 is 5.32 Å². The lowest BCUT2D eigenvalue weighted by Crippen LogP contribution is -2.61. The van der Waals surface area contributed by atoms with E-state index in [0.29, 0.717) is 24.2 Å². The average Bonchev–Trinajstić information content (AvgIpc) is 3.08. The summed E-state index contributed by atoms with van der Waals surface area (Å²) in [6.07, 6.45) is -2.57. The van der Waals surface area contributed by atoms with E-state index in [1.807, 2.05) is 13.8 Å². The van der Waals surface area contributed by atoms with Gasteiger partial charge in [0.1, 0.15) is 11.6 Å². The molecule has 9 heteroatoms. The number of carbonyl (C=O) groups excluding carboxylic acids is 3. The predicted molar refractivity (Wildman–Crippen MR) is 92.7 cm³/mol. The molecule has 0 aliphatic carbocycles. The Morgan fingerprint density at radius 2 is 1.89 bits per heavy atom. The lowest BCUT2D eigenvalue weighted by Gasteiger charge is -2.36. The molecule has 0 saturated carbocycles. The van der Waals surface area contributed by atoms with E-state index >= 15 is 0 Å². The summed E-state index contributed by atoms with van der Waals surface area (Å²) >= 11 is 0. The number of ether oxygens (including phenoxy) is 1. The zero-order chi connectivity index (χ0) is 20.8. The molecule has 0 aromatic carbocycles. The Labute approximate surface area is 157 Å². The fourth-order valence-corrected chi connectivity index (χ4v) is 3.03. The Hall–Kier alpha value is -1.80. The Kier molecular flexibility index (Phi) is 8.10. The second kappa shape index (κ2) is 9.41. The van der Waals surface area contributed by atoms with Gasteiger partial charge in [0.15, 0.2) is 0 Å². The Bertz CT molecular complexity index is 553. The highest BCUT2D eigenvalue weighted by Gasteiger charge is 2.49. The number of unbranched alkanes of at least 4 members (excludes halogenated alkanes) is 1. The molecule has 1 saturated heterocycles. The first kappa shape index (κ1) is 23.2. The minimum Gasteiger partial charge on any atom is -0.464 e. The Balaban J connectivity index is 2.95. The smallest absolute Gasteiger partial charge is 0.464 e. The highest BCUT2D eigenvalue weighted by atomic mass is 19.4. The van der Waals surface area contributed by atoms with Crippen molar-refractivity contribution >= 4 is 17.8 Å². The minimum atomic E-state index is -5.04. The second-order valence-electron chi connectivity index (χ2n) is 7.14. The molecule has 0 spiro atoms. The number of rotatable bonds is 8. The summed E-state index contributed by atoms with van der Waals surface area (Å²) in [5.74, 6) is -3.72. The molecule has 1 aliphatic heterocycles. The minimum absolute atomic E-state index is 0.120. The quantitative estimate of drug-likeness (QED) is 0.507. The zero-order valence-corrected chi connectivity index (χ0v) is 16.3. The van der Waals surface area contributed by atoms with Gasteiger partial charge in [0.25, 0.3) is 0 Å². The summed E-state index contributed by atoms with van der Waals surface area (Å²) in [5, 5.41) is 2.57. The van der Waals surface area contributed by atoms with Crippen molar-refractivity contribution in [3.05, 3.63) is 0 Å². The SMILES string of the molecule is CCCCOC(=O)[C@@](C)(NC(=O)[C@@H]1CCCN1C(=O)C(F)(F)F)[C@@H](C)CC. The molecule has 0 radical (unpaired) electrons. The number of hydrogen-bond acceptors (Lipinski definition) is 4. The second-order valence-corrected chi connectivity index (χ2v) is 7.14. The first-order valence-electron chi connectivity index (χ1n) is 9.36. The third-order valence-corrected chi connectivity index (χ3v) is 5.19. The van der Waals surface area contributed by atoms with Crippen molar-refractivity contribution in [1.29, 1.82) is 0 Å². The van der Waals surface area contributed by atoms with E-state index in [2.05, 4.69) is 5.32 Å². The van der Waals surface area contributed by atoms with Crippen LogP contribution in [0.4, 0.5) is 13.2 Å². The van der Waals surface area contributed by atoms with E-state index in [9.17, 15) is 27.6 Å². The predicted octanol–water partition coefficient (Wildman–Crippen LogP) is 2.80. The Morgan fingerprint density at radius 1 is 1.26 bits per heavy atom. The molecule has 0 aromatic heterocycles. The van der Waals surface area contributed by atoms with E-state index in [-0.39, 0.29) is 25.5 Å². The summed E-state index contributed by atoms with van der Waals surface area (Å²) in [6.45, 7) is 7.11. The molecule has 0 unspecified atom stereocenters. The van der Waals surface area contributed by atoms with Gasteiger partial charge in [-0.25, -0.2) is 4.79 Å². The highest BCUT2D eigenvalue weighted by molar-refractivity contribution is 5.94. The number of alkyl halides is 3. The van der Waals surface area contributed by atoms with Crippen LogP contribution in [0.1, 0.15) is 59.8 Å². The summed E-state index contributed by atoms with van der Waals surface area (Å²) in [5.41, 5.74) is -1.38. The lowest BCUT2D eigenvalue weighted by atomic mass is 9.84. The molecule has 0 bridgehead atoms. The number of halogens is 3. The van der Waals surface area contributed by atoms with Crippen LogP contribution in [-0.4, -0.2) is 53.6 Å². The van der Waals surface area contributed by atoms with Crippen molar-refractivity contribution in [2.45, 2.75) is 77.6 Å². The van der Waals surface area contributed by atoms with Crippen LogP contribution in [0, 0.1) is 5.92 Å². The van der Waals surface area contributed by atoms with E-state index in [1.54, 1.807) is 6.92 Å². The van der Waals surface area contributed by atoms with Crippen LogP contribution in [0.15, 0.2) is 0 Å². The maximum absolute atomic E-state index is 12.8. The molecule has 1 heterocycles. The van der Waals surface area contributed by atoms with Gasteiger partial charge in [0.05, 0.1) is 6.61 Å². The van der Waals surface area contributed by atoms with Crippen molar-refractivity contribution < 1.29 is 32.3 Å². The standard InChI is InChI=1S/C18H29F3N2O4/c1-5-7-11-27-16(26)17(4,12(3)6-2)22-14(24)13-9-8-10-23(13)15(25)18(19,20)21/h12-13H,5-11H2,1-4H3,(H,22,24)/t12-,13-,17-/m0/s1. The molecule has 156 valence electrons. The maximum atomic E-state index is 12.8. The highest BCUT2D eigenvalue weighted by Crippen LogP contribution is 2.28. The van der Waals surface area contributed by atoms with Gasteiger partial charge in [-0.15, -0.1) is 0 Å². The molecular formula is C18H29F3N2O4. The van der Waals surface area contributed by atoms with Gasteiger partial charge in [0.2, 0.25) is 5.91 Å². The molecule has 1 N–H and O–H groups in total. The largest absolute Gasteiger partial charge is 0.471 e. The molecule has 2 amide bonds. The van der Waals surface area contributed by atoms with Crippen molar-refractivity contribution in [3.8, 4) is 0 Å². The van der Waals surface area contributed by atoms with E-state index in [4.69, 9.17) is 4.74 Å². The summed E-state index contributed by atoms with van der Waals surface area (Å²) in [4.78, 5) is 37.4. The molecular weight excluding hydrogens is 365 g/mol. The molecule has 6 nitrogen and oxygen atoms in total. The van der Waals surface area contributed by atoms with Crippen LogP contribution in [-0.2, 0) is 19.1 Å². The molecule has 1 aliphatic rings. The van der Waals surface area contributed by atoms with Gasteiger partial charge < -0.3 is 15.0 Å². The number of hydrogen-bond donors (Lipinski definition) is 1. The zero-order valence-electron chi connectivity index (χ0n) is 16.3. The molecule has 1 rings (SSSR count). The van der Waals surface area contributed by atoms with Gasteiger partial charge >= 0.3 is 18.1 Å². The van der Waals surface area contributed by atoms with Crippen LogP contribution in [0.5, 0.6) is 0 Å². The number of amides is 2. The van der Waals surface area contributed by atoms with Gasteiger partial charge in [-0.2, -0.15) is 13.2 Å². The molecule has 1 fully saturated rings. The van der Waals surface area contributed by atoms with E-state index in [0.717, 1.165) is 6.42 Å². The van der Waals surface area contributed by atoms with Gasteiger partial charge in [-0.3, -0.25) is 9.59 Å². The van der Waals surface area contributed by atoms with Crippen LogP contribution in [0.25, 0.3) is 0 Å². The fourth-order valence-electron chi connectivity index (χ4n) is 3.03. The van der Waals surface area contributed by atoms with Crippen molar-refractivity contribution in [1.82, 2.24) is 10.2 Å². The fraction of sp³-hybridized carbons (Fsp3) is 0.833. The molecule has 3 atom stereocenters. The topological polar surface area (TPSA) is 75.7 Å². The number of carbonyl (C=O) groups is 3. The first-order valence-corrected chi connectivity index (χ1v) is 9.36. The van der Waals surface area contributed by atoms with Crippen LogP contribution >= 0.6 is 0 Å². The van der Waals surface area contributed by atoms with Crippen molar-refractivity contribution in [2.75, 3.05) is 13.2 Å². The number of nitrogens with one attached hydrogen (secondary N) is 1. The van der Waals surface area contributed by atoms with Gasteiger partial charge in [0, 0.05) is 6.54 Å². The summed E-state index contributed by atoms with van der Waals surface area (Å²) in [7, 11) is 0. The molecule has 0 aromatic rings. The van der Waals surface area contributed by atoms with Crippen LogP contribution in [0.2, 0.25) is 0 Å². The molecule has 27 heavy (non-hydrogen) atoms. The van der Waals surface area contributed by atoms with Gasteiger partial charge in [-0.05, 0) is 32.1 Å². The lowest BCUT2D eigenvalue weighted by molar-refractivity contribution is -0.187. The van der Waals surface area contributed by atoms with Crippen molar-refractivity contribution in [3.63, 3.8) is 0 Å². The van der Waals surface area contributed by atoms with Crippen LogP contribution in [0.3, 0.4) is 0 Å². The first-order chi connectivity index (χ1) is 12.5. The third-order valence-electron chi connectivity index (χ3n) is 5.19. The number of esters is 1. The normalized spacial score (nSPS) is 20.7. The maximum Gasteiger partial charge on any atom is 0.471 e. The van der Waals surface area contributed by atoms with E-state index in [1.165, 1.54) is 6.92 Å². The summed E-state index contributed by atoms with van der Waals surface area (Å²) < 4.78 is 43.5. The number of nitrogens with zero attached hydrogens (tertiary/aromatic N) is 1. The third kappa shape index (κ3) is 5.59. The monoisotopic (exact) mass is 394 g/mol. The number of likely N-dealkylation sites (tertiary alicyclic amines) is 1. The van der Waals surface area contributed by atoms with Gasteiger partial charge in [-0.1, -0.05) is 33.6 Å². The van der Waals surface area contributed by atoms with E-state index < -0.39 is 35.5 Å². The Morgan fingerprint density at radius 3 is 2.41 bits per heavy atom.